The third-order valence-corrected chi connectivity index (χ3v) is 6.67. The van der Waals surface area contributed by atoms with Crippen LogP contribution in [0.1, 0.15) is 56.1 Å². The molecule has 2 aliphatic rings. The van der Waals surface area contributed by atoms with Gasteiger partial charge in [-0.1, -0.05) is 68.3 Å². The number of alkyl carbamates (subject to hydrolysis) is 1. The molecule has 0 aliphatic heterocycles. The molecule has 2 aliphatic carbocycles. The highest BCUT2D eigenvalue weighted by molar-refractivity contribution is 5.79. The van der Waals surface area contributed by atoms with Gasteiger partial charge in [0.2, 0.25) is 0 Å². The van der Waals surface area contributed by atoms with Crippen molar-refractivity contribution in [3.8, 4) is 11.1 Å². The number of fused-ring (bicyclic) bond motifs is 3. The van der Waals surface area contributed by atoms with E-state index in [-0.39, 0.29) is 30.9 Å². The summed E-state index contributed by atoms with van der Waals surface area (Å²) in [6.45, 7) is 2.46. The van der Waals surface area contributed by atoms with Crippen molar-refractivity contribution in [3.05, 3.63) is 59.7 Å². The molecule has 1 fully saturated rings. The number of nitrogens with one attached hydrogen (secondary N) is 1. The largest absolute Gasteiger partial charge is 0.481 e. The maximum absolute atomic E-state index is 12.6. The molecule has 0 spiro atoms. The molecule has 2 N–H and O–H groups in total. The zero-order valence-corrected chi connectivity index (χ0v) is 17.3. The highest BCUT2D eigenvalue weighted by Crippen LogP contribution is 2.44. The number of carboxylic acids is 1. The number of aliphatic carboxylic acids is 1. The number of carboxylic acid groups (broad SMARTS) is 1. The van der Waals surface area contributed by atoms with Crippen LogP contribution in [0.3, 0.4) is 0 Å². The van der Waals surface area contributed by atoms with Crippen LogP contribution in [-0.4, -0.2) is 29.8 Å². The quantitative estimate of drug-likeness (QED) is 0.691. The second-order valence-corrected chi connectivity index (χ2v) is 8.69. The normalized spacial score (nSPS) is 21.4. The van der Waals surface area contributed by atoms with E-state index in [9.17, 15) is 14.7 Å². The SMILES string of the molecule is CC1CCC([C@@H](CC(=O)O)NC(=O)OCC2c3ccccc3-c3ccccc32)CC1. The summed E-state index contributed by atoms with van der Waals surface area (Å²) in [5.41, 5.74) is 4.69. The monoisotopic (exact) mass is 407 g/mol. The van der Waals surface area contributed by atoms with Gasteiger partial charge in [-0.15, -0.1) is 0 Å². The molecule has 1 amide bonds. The lowest BCUT2D eigenvalue weighted by molar-refractivity contribution is -0.137. The van der Waals surface area contributed by atoms with Crippen LogP contribution in [0.15, 0.2) is 48.5 Å². The third kappa shape index (κ3) is 4.35. The molecular formula is C25H29NO4. The summed E-state index contributed by atoms with van der Waals surface area (Å²) >= 11 is 0. The first kappa shape index (κ1) is 20.5. The lowest BCUT2D eigenvalue weighted by Gasteiger charge is -2.32. The van der Waals surface area contributed by atoms with Gasteiger partial charge in [0.15, 0.2) is 0 Å². The minimum atomic E-state index is -0.891. The lowest BCUT2D eigenvalue weighted by atomic mass is 9.78. The number of hydrogen-bond donors (Lipinski definition) is 2. The van der Waals surface area contributed by atoms with E-state index in [1.54, 1.807) is 0 Å². The summed E-state index contributed by atoms with van der Waals surface area (Å²) in [7, 11) is 0. The lowest BCUT2D eigenvalue weighted by Crippen LogP contribution is -2.43. The van der Waals surface area contributed by atoms with E-state index in [4.69, 9.17) is 4.74 Å². The van der Waals surface area contributed by atoms with E-state index in [1.807, 2.05) is 24.3 Å². The van der Waals surface area contributed by atoms with E-state index in [0.29, 0.717) is 5.92 Å². The summed E-state index contributed by atoms with van der Waals surface area (Å²) in [5, 5.41) is 12.2. The molecule has 2 aromatic rings. The van der Waals surface area contributed by atoms with Crippen LogP contribution in [0.25, 0.3) is 11.1 Å². The van der Waals surface area contributed by atoms with Crippen molar-refractivity contribution < 1.29 is 19.4 Å². The number of rotatable bonds is 6. The smallest absolute Gasteiger partial charge is 0.407 e. The van der Waals surface area contributed by atoms with Crippen molar-refractivity contribution >= 4 is 12.1 Å². The van der Waals surface area contributed by atoms with Crippen LogP contribution in [0.4, 0.5) is 4.79 Å². The van der Waals surface area contributed by atoms with Gasteiger partial charge in [-0.25, -0.2) is 4.79 Å². The Kier molecular flexibility index (Phi) is 6.07. The highest BCUT2D eigenvalue weighted by atomic mass is 16.5. The van der Waals surface area contributed by atoms with Crippen molar-refractivity contribution in [3.63, 3.8) is 0 Å². The summed E-state index contributed by atoms with van der Waals surface area (Å²) in [4.78, 5) is 23.9. The first-order valence-corrected chi connectivity index (χ1v) is 10.9. The molecule has 0 unspecified atom stereocenters. The number of hydrogen-bond acceptors (Lipinski definition) is 3. The summed E-state index contributed by atoms with van der Waals surface area (Å²) in [5.74, 6) is -0.0341. The summed E-state index contributed by atoms with van der Waals surface area (Å²) in [6.07, 6.45) is 3.46. The molecule has 4 rings (SSSR count). The molecule has 1 atom stereocenters. The Morgan fingerprint density at radius 3 is 2.13 bits per heavy atom. The van der Waals surface area contributed by atoms with Gasteiger partial charge in [-0.2, -0.15) is 0 Å². The second-order valence-electron chi connectivity index (χ2n) is 8.69. The van der Waals surface area contributed by atoms with Crippen molar-refractivity contribution in [1.29, 1.82) is 0 Å². The van der Waals surface area contributed by atoms with Crippen molar-refractivity contribution in [1.82, 2.24) is 5.32 Å². The van der Waals surface area contributed by atoms with Crippen LogP contribution in [0, 0.1) is 11.8 Å². The molecule has 0 radical (unpaired) electrons. The molecule has 0 heterocycles. The average Bonchev–Trinajstić information content (AvgIpc) is 3.06. The molecular weight excluding hydrogens is 378 g/mol. The fourth-order valence-electron chi connectivity index (χ4n) is 5.00. The molecule has 158 valence electrons. The molecule has 5 nitrogen and oxygen atoms in total. The van der Waals surface area contributed by atoms with Gasteiger partial charge in [-0.3, -0.25) is 4.79 Å². The zero-order valence-electron chi connectivity index (χ0n) is 17.3. The Labute approximate surface area is 177 Å². The van der Waals surface area contributed by atoms with Gasteiger partial charge in [0.1, 0.15) is 6.61 Å². The van der Waals surface area contributed by atoms with Crippen LogP contribution < -0.4 is 5.32 Å². The van der Waals surface area contributed by atoms with Crippen LogP contribution in [-0.2, 0) is 9.53 Å². The van der Waals surface area contributed by atoms with Gasteiger partial charge in [0.05, 0.1) is 6.42 Å². The molecule has 0 aromatic heterocycles. The maximum Gasteiger partial charge on any atom is 0.407 e. The number of carbonyl (C=O) groups is 2. The average molecular weight is 408 g/mol. The highest BCUT2D eigenvalue weighted by Gasteiger charge is 2.31. The first-order valence-electron chi connectivity index (χ1n) is 10.9. The number of benzene rings is 2. The van der Waals surface area contributed by atoms with Gasteiger partial charge in [0.25, 0.3) is 0 Å². The Balaban J connectivity index is 1.42. The van der Waals surface area contributed by atoms with E-state index in [0.717, 1.165) is 36.8 Å². The Bertz CT molecular complexity index is 871. The summed E-state index contributed by atoms with van der Waals surface area (Å²) < 4.78 is 5.62. The number of ether oxygens (including phenoxy) is 1. The fourth-order valence-corrected chi connectivity index (χ4v) is 5.00. The fraction of sp³-hybridized carbons (Fsp3) is 0.440. The van der Waals surface area contributed by atoms with Crippen LogP contribution in [0.2, 0.25) is 0 Å². The number of amides is 1. The minimum Gasteiger partial charge on any atom is -0.481 e. The van der Waals surface area contributed by atoms with E-state index in [1.165, 1.54) is 11.1 Å². The van der Waals surface area contributed by atoms with Crippen LogP contribution in [0.5, 0.6) is 0 Å². The Hall–Kier alpha value is -2.82. The topological polar surface area (TPSA) is 75.6 Å². The van der Waals surface area contributed by atoms with E-state index in [2.05, 4.69) is 36.5 Å². The predicted octanol–water partition coefficient (Wildman–Crippen LogP) is 5.19. The molecule has 30 heavy (non-hydrogen) atoms. The van der Waals surface area contributed by atoms with Gasteiger partial charge in [-0.05, 0) is 46.9 Å². The van der Waals surface area contributed by atoms with Crippen molar-refractivity contribution in [2.75, 3.05) is 6.61 Å². The summed E-state index contributed by atoms with van der Waals surface area (Å²) in [6, 6.07) is 16.0. The maximum atomic E-state index is 12.6. The molecule has 1 saturated carbocycles. The molecule has 2 aromatic carbocycles. The van der Waals surface area contributed by atoms with Gasteiger partial charge < -0.3 is 15.2 Å². The number of carbonyl (C=O) groups excluding carboxylic acids is 1. The Morgan fingerprint density at radius 1 is 1.00 bits per heavy atom. The van der Waals surface area contributed by atoms with Gasteiger partial charge in [0, 0.05) is 12.0 Å². The molecule has 0 bridgehead atoms. The third-order valence-electron chi connectivity index (χ3n) is 6.67. The first-order chi connectivity index (χ1) is 14.5. The van der Waals surface area contributed by atoms with E-state index >= 15 is 0 Å². The van der Waals surface area contributed by atoms with Crippen molar-refractivity contribution in [2.45, 2.75) is 51.0 Å². The Morgan fingerprint density at radius 2 is 1.57 bits per heavy atom. The minimum absolute atomic E-state index is 0.00314. The zero-order chi connectivity index (χ0) is 21.1. The van der Waals surface area contributed by atoms with Gasteiger partial charge >= 0.3 is 12.1 Å². The molecule has 5 heteroatoms. The second kappa shape index (κ2) is 8.90. The molecule has 0 saturated heterocycles. The van der Waals surface area contributed by atoms with Crippen LogP contribution >= 0.6 is 0 Å². The standard InChI is InChI=1S/C25H29NO4/c1-16-10-12-17(13-11-16)23(14-24(27)28)26-25(29)30-15-22-20-8-4-2-6-18(20)19-7-3-5-9-21(19)22/h2-9,16-17,22-23H,10-15H2,1H3,(H,26,29)(H,27,28)/t16?,17?,23-/m1/s1. The predicted molar refractivity (Wildman–Crippen MR) is 115 cm³/mol. The van der Waals surface area contributed by atoms with E-state index < -0.39 is 12.1 Å². The van der Waals surface area contributed by atoms with Crippen molar-refractivity contribution in [2.24, 2.45) is 11.8 Å².